The van der Waals surface area contributed by atoms with Crippen LogP contribution >= 0.6 is 11.3 Å². The van der Waals surface area contributed by atoms with Crippen LogP contribution in [0.5, 0.6) is 5.75 Å². The summed E-state index contributed by atoms with van der Waals surface area (Å²) in [6, 6.07) is 11.6. The summed E-state index contributed by atoms with van der Waals surface area (Å²) in [5, 5.41) is 3.68. The molecule has 0 unspecified atom stereocenters. The Kier molecular flexibility index (Phi) is 5.63. The average Bonchev–Trinajstić information content (AvgIpc) is 3.03. The van der Waals surface area contributed by atoms with Crippen LogP contribution in [-0.4, -0.2) is 15.9 Å². The molecule has 0 radical (unpaired) electrons. The Morgan fingerprint density at radius 1 is 1.15 bits per heavy atom. The van der Waals surface area contributed by atoms with Crippen molar-refractivity contribution in [1.82, 2.24) is 9.97 Å². The predicted octanol–water partition coefficient (Wildman–Crippen LogP) is 4.55. The number of aryl methyl sites for hydroxylation is 3. The summed E-state index contributed by atoms with van der Waals surface area (Å²) >= 11 is 1.35. The highest BCUT2D eigenvalue weighted by atomic mass is 32.1. The first kappa shape index (κ1) is 18.1. The molecule has 0 saturated heterocycles. The minimum Gasteiger partial charge on any atom is -0.485 e. The van der Waals surface area contributed by atoms with Crippen LogP contribution < -0.4 is 10.1 Å². The highest BCUT2D eigenvalue weighted by Gasteiger charge is 2.16. The summed E-state index contributed by atoms with van der Waals surface area (Å²) in [7, 11) is 0. The molecule has 2 aromatic heterocycles. The first-order valence-electron chi connectivity index (χ1n) is 8.47. The molecule has 0 fully saturated rings. The van der Waals surface area contributed by atoms with Crippen molar-refractivity contribution in [3.05, 3.63) is 69.4 Å². The number of thiazole rings is 1. The zero-order valence-electron chi connectivity index (χ0n) is 15.1. The Morgan fingerprint density at radius 2 is 1.92 bits per heavy atom. The lowest BCUT2D eigenvalue weighted by atomic mass is 10.1. The summed E-state index contributed by atoms with van der Waals surface area (Å²) in [5.41, 5.74) is 3.66. The lowest BCUT2D eigenvalue weighted by Crippen LogP contribution is -2.11. The van der Waals surface area contributed by atoms with E-state index in [2.05, 4.69) is 22.2 Å². The molecule has 1 N–H and O–H groups in total. The number of aromatic nitrogens is 2. The van der Waals surface area contributed by atoms with Gasteiger partial charge < -0.3 is 10.1 Å². The third-order valence-corrected chi connectivity index (χ3v) is 5.04. The number of anilines is 1. The average molecular weight is 367 g/mol. The first-order valence-corrected chi connectivity index (χ1v) is 9.29. The summed E-state index contributed by atoms with van der Waals surface area (Å²) in [4.78, 5) is 21.8. The molecule has 134 valence electrons. The number of hydrogen-bond acceptors (Lipinski definition) is 5. The van der Waals surface area contributed by atoms with Gasteiger partial charge in [-0.1, -0.05) is 19.1 Å². The van der Waals surface area contributed by atoms with Gasteiger partial charge in [-0.3, -0.25) is 9.78 Å². The number of carbonyl (C=O) groups excluding carboxylic acids is 1. The Labute approximate surface area is 157 Å². The molecule has 0 aliphatic rings. The number of amides is 1. The molecule has 0 saturated carbocycles. The molecule has 0 bridgehead atoms. The second kappa shape index (κ2) is 8.10. The molecule has 0 atom stereocenters. The van der Waals surface area contributed by atoms with Gasteiger partial charge in [0.1, 0.15) is 22.2 Å². The van der Waals surface area contributed by atoms with E-state index < -0.39 is 0 Å². The fourth-order valence-electron chi connectivity index (χ4n) is 2.42. The molecule has 2 heterocycles. The third kappa shape index (κ3) is 4.46. The number of pyridine rings is 1. The summed E-state index contributed by atoms with van der Waals surface area (Å²) in [6.07, 6.45) is 2.66. The van der Waals surface area contributed by atoms with E-state index in [9.17, 15) is 4.79 Å². The molecule has 0 spiro atoms. The predicted molar refractivity (Wildman–Crippen MR) is 104 cm³/mol. The fraction of sp³-hybridized carbons (Fsp3) is 0.250. The second-order valence-electron chi connectivity index (χ2n) is 5.95. The van der Waals surface area contributed by atoms with E-state index in [4.69, 9.17) is 4.74 Å². The lowest BCUT2D eigenvalue weighted by Gasteiger charge is -2.05. The van der Waals surface area contributed by atoms with E-state index in [0.717, 1.165) is 22.8 Å². The van der Waals surface area contributed by atoms with Gasteiger partial charge in [0.05, 0.1) is 11.9 Å². The Morgan fingerprint density at radius 3 is 2.58 bits per heavy atom. The maximum Gasteiger partial charge on any atom is 0.267 e. The van der Waals surface area contributed by atoms with Gasteiger partial charge >= 0.3 is 0 Å². The molecular weight excluding hydrogens is 346 g/mol. The SMILES string of the molecule is CCc1ccc(NC(=O)c2sc(COc3ccc(C)nc3)nc2C)cc1. The van der Waals surface area contributed by atoms with Crippen LogP contribution in [0.4, 0.5) is 5.69 Å². The number of ether oxygens (including phenoxy) is 1. The quantitative estimate of drug-likeness (QED) is 0.694. The van der Waals surface area contributed by atoms with E-state index in [-0.39, 0.29) is 5.91 Å². The standard InChI is InChI=1S/C20H21N3O2S/c1-4-15-6-8-16(9-7-15)23-20(24)19-14(3)22-18(26-19)12-25-17-10-5-13(2)21-11-17/h5-11H,4,12H2,1-3H3,(H,23,24). The molecule has 0 aliphatic carbocycles. The highest BCUT2D eigenvalue weighted by Crippen LogP contribution is 2.22. The van der Waals surface area contributed by atoms with Crippen molar-refractivity contribution in [2.45, 2.75) is 33.8 Å². The Bertz CT molecular complexity index is 886. The number of rotatable bonds is 6. The normalized spacial score (nSPS) is 10.6. The molecule has 6 heteroatoms. The molecule has 1 aromatic carbocycles. The zero-order valence-corrected chi connectivity index (χ0v) is 15.9. The van der Waals surface area contributed by atoms with Crippen molar-refractivity contribution in [2.24, 2.45) is 0 Å². The maximum atomic E-state index is 12.5. The first-order chi connectivity index (χ1) is 12.5. The fourth-order valence-corrected chi connectivity index (χ4v) is 3.29. The van der Waals surface area contributed by atoms with E-state index in [1.165, 1.54) is 16.9 Å². The maximum absolute atomic E-state index is 12.5. The van der Waals surface area contributed by atoms with Crippen LogP contribution in [0.2, 0.25) is 0 Å². The second-order valence-corrected chi connectivity index (χ2v) is 7.03. The molecule has 3 rings (SSSR count). The summed E-state index contributed by atoms with van der Waals surface area (Å²) in [6.45, 7) is 6.18. The smallest absolute Gasteiger partial charge is 0.267 e. The molecule has 26 heavy (non-hydrogen) atoms. The minimum absolute atomic E-state index is 0.146. The van der Waals surface area contributed by atoms with Gasteiger partial charge in [-0.25, -0.2) is 4.98 Å². The summed E-state index contributed by atoms with van der Waals surface area (Å²) in [5.74, 6) is 0.540. The summed E-state index contributed by atoms with van der Waals surface area (Å²) < 4.78 is 5.69. The van der Waals surface area contributed by atoms with E-state index >= 15 is 0 Å². The highest BCUT2D eigenvalue weighted by molar-refractivity contribution is 7.13. The van der Waals surface area contributed by atoms with Gasteiger partial charge in [-0.05, 0) is 50.1 Å². The zero-order chi connectivity index (χ0) is 18.5. The van der Waals surface area contributed by atoms with Gasteiger partial charge in [0.2, 0.25) is 0 Å². The van der Waals surface area contributed by atoms with E-state index in [1.54, 1.807) is 6.20 Å². The van der Waals surface area contributed by atoms with Crippen molar-refractivity contribution in [1.29, 1.82) is 0 Å². The van der Waals surface area contributed by atoms with Gasteiger partial charge in [0.15, 0.2) is 0 Å². The molecular formula is C20H21N3O2S. The van der Waals surface area contributed by atoms with Gasteiger partial charge in [0, 0.05) is 11.4 Å². The van der Waals surface area contributed by atoms with Gasteiger partial charge in [-0.15, -0.1) is 11.3 Å². The molecule has 3 aromatic rings. The van der Waals surface area contributed by atoms with E-state index in [1.807, 2.05) is 50.2 Å². The van der Waals surface area contributed by atoms with Crippen LogP contribution in [0.1, 0.15) is 38.6 Å². The van der Waals surface area contributed by atoms with Crippen LogP contribution in [0, 0.1) is 13.8 Å². The third-order valence-electron chi connectivity index (χ3n) is 3.91. The number of benzene rings is 1. The van der Waals surface area contributed by atoms with Crippen molar-refractivity contribution >= 4 is 22.9 Å². The molecule has 1 amide bonds. The van der Waals surface area contributed by atoms with Crippen LogP contribution in [-0.2, 0) is 13.0 Å². The van der Waals surface area contributed by atoms with Crippen LogP contribution in [0.3, 0.4) is 0 Å². The number of nitrogens with zero attached hydrogens (tertiary/aromatic N) is 2. The Hall–Kier alpha value is -2.73. The van der Waals surface area contributed by atoms with E-state index in [0.29, 0.717) is 22.9 Å². The Balaban J connectivity index is 1.64. The van der Waals surface area contributed by atoms with Crippen LogP contribution in [0.25, 0.3) is 0 Å². The largest absolute Gasteiger partial charge is 0.485 e. The monoisotopic (exact) mass is 367 g/mol. The topological polar surface area (TPSA) is 64.1 Å². The van der Waals surface area contributed by atoms with Crippen molar-refractivity contribution in [3.63, 3.8) is 0 Å². The van der Waals surface area contributed by atoms with Crippen molar-refractivity contribution in [3.8, 4) is 5.75 Å². The van der Waals surface area contributed by atoms with Crippen molar-refractivity contribution < 1.29 is 9.53 Å². The van der Waals surface area contributed by atoms with Gasteiger partial charge in [0.25, 0.3) is 5.91 Å². The number of nitrogens with one attached hydrogen (secondary N) is 1. The lowest BCUT2D eigenvalue weighted by molar-refractivity contribution is 0.103. The number of hydrogen-bond donors (Lipinski definition) is 1. The van der Waals surface area contributed by atoms with Crippen molar-refractivity contribution in [2.75, 3.05) is 5.32 Å². The number of carbonyl (C=O) groups is 1. The minimum atomic E-state index is -0.146. The molecule has 5 nitrogen and oxygen atoms in total. The van der Waals surface area contributed by atoms with Crippen LogP contribution in [0.15, 0.2) is 42.6 Å². The van der Waals surface area contributed by atoms with Gasteiger partial charge in [-0.2, -0.15) is 0 Å². The molecule has 0 aliphatic heterocycles.